The van der Waals surface area contributed by atoms with Crippen molar-refractivity contribution < 1.29 is 13.2 Å². The van der Waals surface area contributed by atoms with Gasteiger partial charge in [0.1, 0.15) is 0 Å². The average molecular weight is 407 g/mol. The number of rotatable bonds is 4. The lowest BCUT2D eigenvalue weighted by atomic mass is 9.99. The number of sulfonamides is 1. The molecule has 1 amide bonds. The summed E-state index contributed by atoms with van der Waals surface area (Å²) in [6.45, 7) is 4.16. The Labute approximate surface area is 171 Å². The molecular weight excluding hydrogens is 384 g/mol. The number of hydrogen-bond donors (Lipinski definition) is 1. The summed E-state index contributed by atoms with van der Waals surface area (Å²) in [5, 5.41) is 2.98. The van der Waals surface area contributed by atoms with Gasteiger partial charge >= 0.3 is 0 Å². The molecule has 3 aromatic rings. The van der Waals surface area contributed by atoms with Crippen LogP contribution >= 0.6 is 0 Å². The van der Waals surface area contributed by atoms with E-state index in [9.17, 15) is 13.2 Å². The van der Waals surface area contributed by atoms with Gasteiger partial charge in [-0.05, 0) is 49.2 Å². The summed E-state index contributed by atoms with van der Waals surface area (Å²) in [6.07, 6.45) is 0.817. The molecule has 29 heavy (non-hydrogen) atoms. The minimum absolute atomic E-state index is 0.220. The molecule has 4 rings (SSSR count). The molecule has 0 fully saturated rings. The molecule has 5 nitrogen and oxygen atoms in total. The molecule has 0 saturated carbocycles. The second-order valence-corrected chi connectivity index (χ2v) is 8.69. The number of aryl methyl sites for hydroxylation is 1. The van der Waals surface area contributed by atoms with Crippen molar-refractivity contribution >= 4 is 27.3 Å². The van der Waals surface area contributed by atoms with Crippen LogP contribution in [0.4, 0.5) is 11.4 Å². The van der Waals surface area contributed by atoms with Crippen LogP contribution in [0.2, 0.25) is 0 Å². The van der Waals surface area contributed by atoms with Gasteiger partial charge in [-0.1, -0.05) is 43.3 Å². The van der Waals surface area contributed by atoms with E-state index in [1.807, 2.05) is 37.3 Å². The Kier molecular flexibility index (Phi) is 4.88. The third-order valence-electron chi connectivity index (χ3n) is 5.21. The molecular formula is C23H22N2O3S. The van der Waals surface area contributed by atoms with Gasteiger partial charge in [0.05, 0.1) is 10.6 Å². The normalized spacial score (nSPS) is 14.1. The van der Waals surface area contributed by atoms with Crippen LogP contribution in [0.3, 0.4) is 0 Å². The number of carbonyl (C=O) groups is 1. The topological polar surface area (TPSA) is 66.5 Å². The van der Waals surface area contributed by atoms with Gasteiger partial charge in [-0.3, -0.25) is 9.10 Å². The minimum atomic E-state index is -3.60. The average Bonchev–Trinajstić information content (AvgIpc) is 2.74. The molecule has 1 aliphatic rings. The number of carbonyl (C=O) groups excluding carboxylic acids is 1. The van der Waals surface area contributed by atoms with Crippen molar-refractivity contribution in [3.63, 3.8) is 0 Å². The molecule has 1 aliphatic heterocycles. The van der Waals surface area contributed by atoms with Crippen LogP contribution in [0.1, 0.15) is 29.8 Å². The van der Waals surface area contributed by atoms with E-state index in [1.165, 1.54) is 4.31 Å². The Balaban J connectivity index is 1.79. The Morgan fingerprint density at radius 1 is 0.931 bits per heavy atom. The van der Waals surface area contributed by atoms with Crippen molar-refractivity contribution in [2.45, 2.75) is 25.2 Å². The van der Waals surface area contributed by atoms with E-state index < -0.39 is 10.0 Å². The zero-order valence-corrected chi connectivity index (χ0v) is 17.2. The van der Waals surface area contributed by atoms with Crippen LogP contribution in [0.5, 0.6) is 0 Å². The van der Waals surface area contributed by atoms with Crippen LogP contribution in [0.15, 0.2) is 71.6 Å². The first kappa shape index (κ1) is 19.2. The van der Waals surface area contributed by atoms with E-state index in [4.69, 9.17) is 0 Å². The highest BCUT2D eigenvalue weighted by Crippen LogP contribution is 2.43. The van der Waals surface area contributed by atoms with Gasteiger partial charge in [-0.25, -0.2) is 8.42 Å². The number of anilines is 2. The molecule has 0 aliphatic carbocycles. The maximum atomic E-state index is 13.0. The number of nitrogens with one attached hydrogen (secondary N) is 1. The summed E-state index contributed by atoms with van der Waals surface area (Å²) >= 11 is 0. The molecule has 0 atom stereocenters. The highest BCUT2D eigenvalue weighted by Gasteiger charge is 2.34. The molecule has 1 heterocycles. The third-order valence-corrected chi connectivity index (χ3v) is 7.15. The summed E-state index contributed by atoms with van der Waals surface area (Å²) in [6, 6.07) is 19.8. The lowest BCUT2D eigenvalue weighted by Crippen LogP contribution is -2.34. The van der Waals surface area contributed by atoms with Gasteiger partial charge in [0.2, 0.25) is 0 Å². The summed E-state index contributed by atoms with van der Waals surface area (Å²) in [5.74, 6) is -0.220. The fourth-order valence-corrected chi connectivity index (χ4v) is 5.46. The summed E-state index contributed by atoms with van der Waals surface area (Å²) in [5.41, 5.74) is 4.30. The van der Waals surface area contributed by atoms with Gasteiger partial charge in [0.15, 0.2) is 0 Å². The third kappa shape index (κ3) is 3.19. The number of fused-ring (bicyclic) bond motifs is 3. The van der Waals surface area contributed by atoms with Crippen molar-refractivity contribution in [1.29, 1.82) is 0 Å². The van der Waals surface area contributed by atoms with Gasteiger partial charge in [0, 0.05) is 28.9 Å². The van der Waals surface area contributed by atoms with Crippen LogP contribution < -0.4 is 9.62 Å². The van der Waals surface area contributed by atoms with Gasteiger partial charge in [-0.15, -0.1) is 0 Å². The van der Waals surface area contributed by atoms with Crippen molar-refractivity contribution in [1.82, 2.24) is 0 Å². The van der Waals surface area contributed by atoms with E-state index >= 15 is 0 Å². The van der Waals surface area contributed by atoms with E-state index in [0.29, 0.717) is 23.4 Å². The van der Waals surface area contributed by atoms with Crippen LogP contribution in [0.25, 0.3) is 11.1 Å². The lowest BCUT2D eigenvalue weighted by molar-refractivity contribution is 0.102. The number of amides is 1. The van der Waals surface area contributed by atoms with Crippen LogP contribution in [0, 0.1) is 0 Å². The molecule has 148 valence electrons. The van der Waals surface area contributed by atoms with E-state index in [2.05, 4.69) is 5.32 Å². The Morgan fingerprint density at radius 3 is 2.41 bits per heavy atom. The number of hydrogen-bond acceptors (Lipinski definition) is 3. The number of para-hydroxylation sites is 1. The fourth-order valence-electron chi connectivity index (χ4n) is 3.76. The smallest absolute Gasteiger partial charge is 0.264 e. The largest absolute Gasteiger partial charge is 0.322 e. The van der Waals surface area contributed by atoms with Crippen molar-refractivity contribution in [3.8, 4) is 11.1 Å². The maximum Gasteiger partial charge on any atom is 0.264 e. The van der Waals surface area contributed by atoms with Gasteiger partial charge < -0.3 is 5.32 Å². The van der Waals surface area contributed by atoms with Crippen LogP contribution in [-0.2, 0) is 16.4 Å². The monoisotopic (exact) mass is 406 g/mol. The first-order valence-electron chi connectivity index (χ1n) is 9.62. The van der Waals surface area contributed by atoms with E-state index in [0.717, 1.165) is 23.2 Å². The van der Waals surface area contributed by atoms with Crippen molar-refractivity contribution in [3.05, 3.63) is 77.9 Å². The van der Waals surface area contributed by atoms with Crippen molar-refractivity contribution in [2.75, 3.05) is 16.2 Å². The summed E-state index contributed by atoms with van der Waals surface area (Å²) in [4.78, 5) is 13.2. The summed E-state index contributed by atoms with van der Waals surface area (Å²) < 4.78 is 27.3. The Morgan fingerprint density at radius 2 is 1.66 bits per heavy atom. The second-order valence-electron chi connectivity index (χ2n) is 6.86. The second kappa shape index (κ2) is 7.37. The maximum absolute atomic E-state index is 13.0. The van der Waals surface area contributed by atoms with Crippen LogP contribution in [-0.4, -0.2) is 20.9 Å². The lowest BCUT2D eigenvalue weighted by Gasteiger charge is -2.31. The molecule has 0 saturated heterocycles. The number of nitrogens with zero attached hydrogens (tertiary/aromatic N) is 1. The molecule has 0 spiro atoms. The highest BCUT2D eigenvalue weighted by molar-refractivity contribution is 7.93. The highest BCUT2D eigenvalue weighted by atomic mass is 32.2. The zero-order valence-electron chi connectivity index (χ0n) is 16.3. The minimum Gasteiger partial charge on any atom is -0.322 e. The Hall–Kier alpha value is -3.12. The van der Waals surface area contributed by atoms with E-state index in [-0.39, 0.29) is 10.8 Å². The first-order valence-corrected chi connectivity index (χ1v) is 11.1. The predicted octanol–water partition coefficient (Wildman–Crippen LogP) is 4.70. The van der Waals surface area contributed by atoms with E-state index in [1.54, 1.807) is 43.3 Å². The molecule has 0 radical (unpaired) electrons. The van der Waals surface area contributed by atoms with Gasteiger partial charge in [-0.2, -0.15) is 0 Å². The number of benzene rings is 3. The standard InChI is InChI=1S/C23H22N2O3S/c1-3-16-9-5-7-11-20(16)24-23(26)17-13-14-21-19(15-17)18-10-6-8-12-22(18)29(27,28)25(21)4-2/h5-15H,3-4H2,1-2H3,(H,24,26). The quantitative estimate of drug-likeness (QED) is 0.683. The van der Waals surface area contributed by atoms with Crippen molar-refractivity contribution in [2.24, 2.45) is 0 Å². The summed E-state index contributed by atoms with van der Waals surface area (Å²) in [7, 11) is -3.60. The molecule has 0 unspecified atom stereocenters. The Bertz CT molecular complexity index is 1200. The molecule has 0 aromatic heterocycles. The first-order chi connectivity index (χ1) is 14.0. The molecule has 6 heteroatoms. The molecule has 1 N–H and O–H groups in total. The SMILES string of the molecule is CCc1ccccc1NC(=O)c1ccc2c(c1)-c1ccccc1S(=O)(=O)N2CC. The molecule has 0 bridgehead atoms. The van der Waals surface area contributed by atoms with Gasteiger partial charge in [0.25, 0.3) is 15.9 Å². The fraction of sp³-hybridized carbons (Fsp3) is 0.174. The zero-order chi connectivity index (χ0) is 20.6. The predicted molar refractivity (Wildman–Crippen MR) is 116 cm³/mol. The molecule has 3 aromatic carbocycles.